The lowest BCUT2D eigenvalue weighted by Crippen LogP contribution is -2.11. The number of allylic oxidation sites excluding steroid dienone is 1. The van der Waals surface area contributed by atoms with Crippen molar-refractivity contribution in [3.05, 3.63) is 40.5 Å². The fraction of sp³-hybridized carbons (Fsp3) is 0.429. The average Bonchev–Trinajstić information content (AvgIpc) is 2.41. The Morgan fingerprint density at radius 3 is 2.50 bits per heavy atom. The van der Waals surface area contributed by atoms with Gasteiger partial charge in [0.2, 0.25) is 0 Å². The van der Waals surface area contributed by atoms with Gasteiger partial charge < -0.3 is 0 Å². The maximum absolute atomic E-state index is 2.36. The molecule has 0 aliphatic heterocycles. The SMILES string of the molecule is CC1=Cc2ccc(C(C)(C)C)cc2C1. The summed E-state index contributed by atoms with van der Waals surface area (Å²) in [7, 11) is 0. The van der Waals surface area contributed by atoms with Gasteiger partial charge in [0.05, 0.1) is 0 Å². The quantitative estimate of drug-likeness (QED) is 0.575. The topological polar surface area (TPSA) is 0 Å². The van der Waals surface area contributed by atoms with E-state index in [1.54, 1.807) is 0 Å². The van der Waals surface area contributed by atoms with Gasteiger partial charge >= 0.3 is 0 Å². The highest BCUT2D eigenvalue weighted by Gasteiger charge is 2.16. The number of benzene rings is 1. The van der Waals surface area contributed by atoms with Crippen LogP contribution in [0.25, 0.3) is 6.08 Å². The molecule has 0 N–H and O–H groups in total. The number of fused-ring (bicyclic) bond motifs is 1. The Kier molecular flexibility index (Phi) is 2.02. The molecule has 0 heterocycles. The van der Waals surface area contributed by atoms with E-state index in [-0.39, 0.29) is 5.41 Å². The molecule has 0 nitrogen and oxygen atoms in total. The lowest BCUT2D eigenvalue weighted by Gasteiger charge is -2.19. The molecular weight excluding hydrogens is 168 g/mol. The zero-order valence-electron chi connectivity index (χ0n) is 9.52. The van der Waals surface area contributed by atoms with Crippen LogP contribution < -0.4 is 0 Å². The van der Waals surface area contributed by atoms with Crippen LogP contribution in [0.3, 0.4) is 0 Å². The monoisotopic (exact) mass is 186 g/mol. The van der Waals surface area contributed by atoms with Crippen molar-refractivity contribution in [2.24, 2.45) is 0 Å². The lowest BCUT2D eigenvalue weighted by molar-refractivity contribution is 0.589. The number of hydrogen-bond donors (Lipinski definition) is 0. The van der Waals surface area contributed by atoms with Crippen molar-refractivity contribution < 1.29 is 0 Å². The predicted molar refractivity (Wildman–Crippen MR) is 62.5 cm³/mol. The Hall–Kier alpha value is -1.04. The van der Waals surface area contributed by atoms with Crippen LogP contribution >= 0.6 is 0 Å². The molecule has 2 rings (SSSR count). The Morgan fingerprint density at radius 2 is 1.86 bits per heavy atom. The smallest absolute Gasteiger partial charge is 0.00605 e. The Morgan fingerprint density at radius 1 is 1.14 bits per heavy atom. The largest absolute Gasteiger partial charge is 0.0683 e. The summed E-state index contributed by atoms with van der Waals surface area (Å²) < 4.78 is 0. The minimum Gasteiger partial charge on any atom is -0.0683 e. The maximum atomic E-state index is 2.36. The van der Waals surface area contributed by atoms with Crippen molar-refractivity contribution >= 4 is 6.08 Å². The van der Waals surface area contributed by atoms with Gasteiger partial charge in [0.15, 0.2) is 0 Å². The summed E-state index contributed by atoms with van der Waals surface area (Å²) in [6, 6.07) is 6.88. The van der Waals surface area contributed by atoms with E-state index in [0.29, 0.717) is 0 Å². The van der Waals surface area contributed by atoms with Crippen molar-refractivity contribution in [1.29, 1.82) is 0 Å². The second-order valence-corrected chi connectivity index (χ2v) is 5.33. The first kappa shape index (κ1) is 9.51. The summed E-state index contributed by atoms with van der Waals surface area (Å²) >= 11 is 0. The van der Waals surface area contributed by atoms with Crippen LogP contribution in [-0.4, -0.2) is 0 Å². The molecule has 0 unspecified atom stereocenters. The molecule has 14 heavy (non-hydrogen) atoms. The van der Waals surface area contributed by atoms with E-state index in [0.717, 1.165) is 6.42 Å². The minimum atomic E-state index is 0.269. The van der Waals surface area contributed by atoms with Crippen LogP contribution in [0.15, 0.2) is 23.8 Å². The molecule has 74 valence electrons. The zero-order valence-corrected chi connectivity index (χ0v) is 9.52. The molecule has 0 aromatic heterocycles. The molecular formula is C14H18. The summed E-state index contributed by atoms with van der Waals surface area (Å²) in [5.74, 6) is 0. The first-order chi connectivity index (χ1) is 6.47. The molecule has 0 amide bonds. The van der Waals surface area contributed by atoms with Crippen molar-refractivity contribution in [1.82, 2.24) is 0 Å². The molecule has 0 atom stereocenters. The first-order valence-electron chi connectivity index (χ1n) is 5.27. The van der Waals surface area contributed by atoms with Crippen molar-refractivity contribution in [2.45, 2.75) is 39.5 Å². The summed E-state index contributed by atoms with van der Waals surface area (Å²) in [4.78, 5) is 0. The average molecular weight is 186 g/mol. The molecule has 0 saturated carbocycles. The van der Waals surface area contributed by atoms with Gasteiger partial charge in [-0.05, 0) is 35.4 Å². The molecule has 0 saturated heterocycles. The van der Waals surface area contributed by atoms with Gasteiger partial charge in [-0.3, -0.25) is 0 Å². The van der Waals surface area contributed by atoms with Crippen molar-refractivity contribution in [2.75, 3.05) is 0 Å². The standard InChI is InChI=1S/C14H18/c1-10-7-11-5-6-13(14(2,3)4)9-12(11)8-10/h5-7,9H,8H2,1-4H3. The van der Waals surface area contributed by atoms with Crippen LogP contribution in [-0.2, 0) is 11.8 Å². The number of hydrogen-bond acceptors (Lipinski definition) is 0. The van der Waals surface area contributed by atoms with Crippen LogP contribution in [0.2, 0.25) is 0 Å². The second kappa shape index (κ2) is 2.98. The Labute approximate surface area is 86.7 Å². The minimum absolute atomic E-state index is 0.269. The third-order valence-corrected chi connectivity index (χ3v) is 2.88. The molecule has 0 spiro atoms. The van der Waals surface area contributed by atoms with Gasteiger partial charge in [-0.25, -0.2) is 0 Å². The predicted octanol–water partition coefficient (Wildman–Crippen LogP) is 3.94. The molecule has 1 aliphatic carbocycles. The van der Waals surface area contributed by atoms with Crippen LogP contribution in [0.5, 0.6) is 0 Å². The van der Waals surface area contributed by atoms with Gasteiger partial charge in [0, 0.05) is 0 Å². The summed E-state index contributed by atoms with van der Waals surface area (Å²) in [6.07, 6.45) is 3.43. The van der Waals surface area contributed by atoms with Crippen LogP contribution in [0, 0.1) is 0 Å². The van der Waals surface area contributed by atoms with Gasteiger partial charge in [-0.15, -0.1) is 0 Å². The molecule has 1 aromatic carbocycles. The molecule has 1 aliphatic rings. The van der Waals surface area contributed by atoms with E-state index in [2.05, 4.69) is 52.0 Å². The van der Waals surface area contributed by atoms with E-state index in [9.17, 15) is 0 Å². The van der Waals surface area contributed by atoms with Crippen molar-refractivity contribution in [3.8, 4) is 0 Å². The lowest BCUT2D eigenvalue weighted by atomic mass is 9.85. The highest BCUT2D eigenvalue weighted by Crippen LogP contribution is 2.30. The van der Waals surface area contributed by atoms with Gasteiger partial charge in [0.25, 0.3) is 0 Å². The van der Waals surface area contributed by atoms with E-state index in [1.807, 2.05) is 0 Å². The van der Waals surface area contributed by atoms with E-state index in [4.69, 9.17) is 0 Å². The molecule has 1 aromatic rings. The molecule has 0 heteroatoms. The maximum Gasteiger partial charge on any atom is -0.00605 e. The Balaban J connectivity index is 2.42. The zero-order chi connectivity index (χ0) is 10.3. The van der Waals surface area contributed by atoms with Gasteiger partial charge in [0.1, 0.15) is 0 Å². The summed E-state index contributed by atoms with van der Waals surface area (Å²) in [6.45, 7) is 9.01. The number of rotatable bonds is 0. The highest BCUT2D eigenvalue weighted by molar-refractivity contribution is 5.64. The van der Waals surface area contributed by atoms with Crippen LogP contribution in [0.4, 0.5) is 0 Å². The molecule has 0 radical (unpaired) electrons. The summed E-state index contributed by atoms with van der Waals surface area (Å²) in [5, 5.41) is 0. The fourth-order valence-corrected chi connectivity index (χ4v) is 1.98. The van der Waals surface area contributed by atoms with E-state index < -0.39 is 0 Å². The second-order valence-electron chi connectivity index (χ2n) is 5.33. The fourth-order valence-electron chi connectivity index (χ4n) is 1.98. The molecule has 0 bridgehead atoms. The normalized spacial score (nSPS) is 15.3. The van der Waals surface area contributed by atoms with Crippen LogP contribution in [0.1, 0.15) is 44.4 Å². The summed E-state index contributed by atoms with van der Waals surface area (Å²) in [5.41, 5.74) is 6.10. The van der Waals surface area contributed by atoms with Gasteiger partial charge in [-0.2, -0.15) is 0 Å². The highest BCUT2D eigenvalue weighted by atomic mass is 14.2. The van der Waals surface area contributed by atoms with E-state index in [1.165, 1.54) is 22.3 Å². The van der Waals surface area contributed by atoms with Crippen molar-refractivity contribution in [3.63, 3.8) is 0 Å². The third-order valence-electron chi connectivity index (χ3n) is 2.88. The Bertz CT molecular complexity index is 389. The van der Waals surface area contributed by atoms with Gasteiger partial charge in [-0.1, -0.05) is 50.6 Å². The molecule has 0 fully saturated rings. The van der Waals surface area contributed by atoms with E-state index >= 15 is 0 Å². The first-order valence-corrected chi connectivity index (χ1v) is 5.27. The third kappa shape index (κ3) is 1.61.